The van der Waals surface area contributed by atoms with Gasteiger partial charge in [0.2, 0.25) is 5.91 Å². The summed E-state index contributed by atoms with van der Waals surface area (Å²) in [4.78, 5) is 19.5. The van der Waals surface area contributed by atoms with Crippen LogP contribution in [0.25, 0.3) is 0 Å². The highest BCUT2D eigenvalue weighted by atomic mass is 16.6. The lowest BCUT2D eigenvalue weighted by atomic mass is 10.1. The van der Waals surface area contributed by atoms with Crippen LogP contribution in [0.4, 0.5) is 5.82 Å². The molecule has 4 atom stereocenters. The molecule has 9 nitrogen and oxygen atoms in total. The van der Waals surface area contributed by atoms with Crippen LogP contribution >= 0.6 is 0 Å². The molecule has 4 unspecified atom stereocenters. The minimum atomic E-state index is -1.22. The molecule has 1 aromatic rings. The zero-order valence-corrected chi connectivity index (χ0v) is 10.4. The first-order chi connectivity index (χ1) is 9.61. The third-order valence-electron chi connectivity index (χ3n) is 3.37. The number of nitrogens with one attached hydrogen (secondary N) is 1. The highest BCUT2D eigenvalue weighted by molar-refractivity contribution is 5.91. The lowest BCUT2D eigenvalue weighted by molar-refractivity contribution is -0.118. The molecule has 1 saturated heterocycles. The summed E-state index contributed by atoms with van der Waals surface area (Å²) in [6.07, 6.45) is -1.50. The molecule has 1 aromatic heterocycles. The number of ether oxygens (including phenoxy) is 1. The van der Waals surface area contributed by atoms with Gasteiger partial charge in [-0.25, -0.2) is 9.98 Å². The molecule has 0 radical (unpaired) electrons. The molecule has 3 heterocycles. The van der Waals surface area contributed by atoms with E-state index in [4.69, 9.17) is 9.84 Å². The van der Waals surface area contributed by atoms with Gasteiger partial charge in [-0.15, -0.1) is 0 Å². The van der Waals surface area contributed by atoms with E-state index >= 15 is 0 Å². The van der Waals surface area contributed by atoms with E-state index in [0.717, 1.165) is 0 Å². The van der Waals surface area contributed by atoms with E-state index in [0.29, 0.717) is 11.5 Å². The molecular weight excluding hydrogens is 268 g/mol. The van der Waals surface area contributed by atoms with E-state index in [-0.39, 0.29) is 12.3 Å². The molecule has 4 N–H and O–H groups in total. The molecule has 0 saturated carbocycles. The van der Waals surface area contributed by atoms with E-state index in [9.17, 15) is 15.0 Å². The van der Waals surface area contributed by atoms with E-state index < -0.39 is 31.1 Å². The normalized spacial score (nSPS) is 32.9. The van der Waals surface area contributed by atoms with Crippen molar-refractivity contribution in [2.45, 2.75) is 31.0 Å². The molecule has 0 spiro atoms. The Kier molecular flexibility index (Phi) is 3.26. The van der Waals surface area contributed by atoms with Crippen LogP contribution in [0.3, 0.4) is 0 Å². The Bertz CT molecular complexity index is 557. The Hall–Kier alpha value is -1.81. The van der Waals surface area contributed by atoms with Gasteiger partial charge in [0.25, 0.3) is 0 Å². The summed E-state index contributed by atoms with van der Waals surface area (Å²) in [5.41, 5.74) is 0.453. The van der Waals surface area contributed by atoms with Crippen LogP contribution in [0, 0.1) is 0 Å². The van der Waals surface area contributed by atoms with Gasteiger partial charge in [0.15, 0.2) is 12.0 Å². The second kappa shape index (κ2) is 4.94. The Morgan fingerprint density at radius 2 is 2.25 bits per heavy atom. The Morgan fingerprint density at radius 3 is 2.95 bits per heavy atom. The van der Waals surface area contributed by atoms with Crippen LogP contribution in [0.15, 0.2) is 11.3 Å². The van der Waals surface area contributed by atoms with Crippen molar-refractivity contribution in [1.29, 1.82) is 0 Å². The predicted molar refractivity (Wildman–Crippen MR) is 65.2 cm³/mol. The van der Waals surface area contributed by atoms with E-state index in [1.807, 2.05) is 0 Å². The van der Waals surface area contributed by atoms with Crippen LogP contribution in [-0.2, 0) is 16.0 Å². The van der Waals surface area contributed by atoms with Gasteiger partial charge in [-0.2, -0.15) is 0 Å². The number of carbonyl (C=O) groups excluding carboxylic acids is 1. The Morgan fingerprint density at radius 1 is 1.45 bits per heavy atom. The maximum atomic E-state index is 11.4. The topological polar surface area (TPSA) is 129 Å². The number of hydrogen-bond acceptors (Lipinski definition) is 7. The van der Waals surface area contributed by atoms with Gasteiger partial charge in [0.05, 0.1) is 31.4 Å². The molecular formula is C11H14N4O5. The largest absolute Gasteiger partial charge is 0.394 e. The summed E-state index contributed by atoms with van der Waals surface area (Å²) >= 11 is 0. The van der Waals surface area contributed by atoms with Gasteiger partial charge in [-0.1, -0.05) is 0 Å². The highest BCUT2D eigenvalue weighted by Crippen LogP contribution is 2.34. The van der Waals surface area contributed by atoms with E-state index in [2.05, 4.69) is 15.3 Å². The SMILES string of the molecule is O=C1Cc2ncn(C3OC(CO)C(O)C3O)c2N=CN1. The van der Waals surface area contributed by atoms with Gasteiger partial charge in [0, 0.05) is 0 Å². The number of aliphatic hydroxyl groups is 3. The van der Waals surface area contributed by atoms with Crippen LogP contribution in [0.1, 0.15) is 11.9 Å². The predicted octanol–water partition coefficient (Wildman–Crippen LogP) is -2.17. The molecule has 2 aliphatic heterocycles. The standard InChI is InChI=1S/C11H14N4O5/c16-2-6-8(18)9(19)11(20-6)15-4-14-5-1-7(17)12-3-13-10(5)15/h3-4,6,8-9,11,16,18-19H,1-2H2,(H,12,13,17). The molecule has 3 rings (SSSR count). The van der Waals surface area contributed by atoms with Crippen molar-refractivity contribution in [1.82, 2.24) is 14.9 Å². The fourth-order valence-corrected chi connectivity index (χ4v) is 2.32. The van der Waals surface area contributed by atoms with Crippen LogP contribution in [0.5, 0.6) is 0 Å². The number of imidazole rings is 1. The van der Waals surface area contributed by atoms with Gasteiger partial charge in [0.1, 0.15) is 18.3 Å². The third-order valence-corrected chi connectivity index (χ3v) is 3.37. The summed E-state index contributed by atoms with van der Waals surface area (Å²) in [6, 6.07) is 0. The molecule has 108 valence electrons. The fourth-order valence-electron chi connectivity index (χ4n) is 2.32. The maximum absolute atomic E-state index is 11.4. The molecule has 0 bridgehead atoms. The fraction of sp³-hybridized carbons (Fsp3) is 0.545. The minimum absolute atomic E-state index is 0.0666. The van der Waals surface area contributed by atoms with Crippen LogP contribution in [0.2, 0.25) is 0 Å². The summed E-state index contributed by atoms with van der Waals surface area (Å²) in [6.45, 7) is -0.408. The Labute approximate surface area is 113 Å². The first kappa shape index (κ1) is 13.2. The molecule has 1 amide bonds. The number of rotatable bonds is 2. The number of carbonyl (C=O) groups is 1. The van der Waals surface area contributed by atoms with Crippen molar-refractivity contribution < 1.29 is 24.9 Å². The van der Waals surface area contributed by atoms with Gasteiger partial charge in [-0.05, 0) is 0 Å². The average molecular weight is 282 g/mol. The number of nitrogens with zero attached hydrogens (tertiary/aromatic N) is 3. The lowest BCUT2D eigenvalue weighted by Gasteiger charge is -2.17. The molecule has 9 heteroatoms. The first-order valence-electron chi connectivity index (χ1n) is 6.12. The van der Waals surface area contributed by atoms with Crippen molar-refractivity contribution in [2.24, 2.45) is 4.99 Å². The second-order valence-electron chi connectivity index (χ2n) is 4.65. The Balaban J connectivity index is 1.94. The van der Waals surface area contributed by atoms with E-state index in [1.165, 1.54) is 17.2 Å². The monoisotopic (exact) mass is 282 g/mol. The highest BCUT2D eigenvalue weighted by Gasteiger charge is 2.44. The summed E-state index contributed by atoms with van der Waals surface area (Å²) in [5.74, 6) is 0.136. The molecule has 0 aliphatic carbocycles. The number of amides is 1. The zero-order chi connectivity index (χ0) is 14.3. The van der Waals surface area contributed by atoms with Gasteiger partial charge in [-0.3, -0.25) is 9.36 Å². The van der Waals surface area contributed by atoms with Gasteiger partial charge < -0.3 is 25.4 Å². The summed E-state index contributed by atoms with van der Waals surface area (Å²) in [7, 11) is 0. The quantitative estimate of drug-likeness (QED) is 0.488. The van der Waals surface area contributed by atoms with Crippen molar-refractivity contribution >= 4 is 18.1 Å². The average Bonchev–Trinajstić information content (AvgIpc) is 2.87. The van der Waals surface area contributed by atoms with Crippen LogP contribution < -0.4 is 5.32 Å². The lowest BCUT2D eigenvalue weighted by Crippen LogP contribution is -2.33. The van der Waals surface area contributed by atoms with Crippen molar-refractivity contribution in [2.75, 3.05) is 6.61 Å². The number of fused-ring (bicyclic) bond motifs is 1. The van der Waals surface area contributed by atoms with Gasteiger partial charge >= 0.3 is 0 Å². The number of hydrogen-bond donors (Lipinski definition) is 4. The third kappa shape index (κ3) is 2.00. The first-order valence-corrected chi connectivity index (χ1v) is 6.12. The van der Waals surface area contributed by atoms with E-state index in [1.54, 1.807) is 0 Å². The second-order valence-corrected chi connectivity index (χ2v) is 4.65. The maximum Gasteiger partial charge on any atom is 0.231 e. The van der Waals surface area contributed by atoms with Crippen molar-refractivity contribution in [3.8, 4) is 0 Å². The molecule has 2 aliphatic rings. The van der Waals surface area contributed by atoms with Crippen LogP contribution in [-0.4, -0.2) is 62.0 Å². The number of aliphatic imine (C=N–C) groups is 1. The smallest absolute Gasteiger partial charge is 0.231 e. The number of aliphatic hydroxyl groups excluding tert-OH is 3. The summed E-state index contributed by atoms with van der Waals surface area (Å²) < 4.78 is 6.85. The number of aromatic nitrogens is 2. The minimum Gasteiger partial charge on any atom is -0.394 e. The molecule has 0 aromatic carbocycles. The van der Waals surface area contributed by atoms with Crippen molar-refractivity contribution in [3.05, 3.63) is 12.0 Å². The zero-order valence-electron chi connectivity index (χ0n) is 10.4. The van der Waals surface area contributed by atoms with Crippen molar-refractivity contribution in [3.63, 3.8) is 0 Å². The molecule has 20 heavy (non-hydrogen) atoms. The summed E-state index contributed by atoms with van der Waals surface area (Å²) in [5, 5.41) is 31.3. The molecule has 1 fully saturated rings.